The van der Waals surface area contributed by atoms with Crippen molar-refractivity contribution in [2.75, 3.05) is 19.7 Å². The number of aromatic nitrogens is 3. The van der Waals surface area contributed by atoms with Crippen molar-refractivity contribution in [3.8, 4) is 5.69 Å². The van der Waals surface area contributed by atoms with Crippen molar-refractivity contribution in [2.24, 2.45) is 0 Å². The molecule has 5 rings (SSSR count). The third kappa shape index (κ3) is 4.07. The predicted molar refractivity (Wildman–Crippen MR) is 126 cm³/mol. The summed E-state index contributed by atoms with van der Waals surface area (Å²) in [6.45, 7) is 5.22. The van der Waals surface area contributed by atoms with Crippen LogP contribution in [0.1, 0.15) is 58.0 Å². The zero-order valence-electron chi connectivity index (χ0n) is 19.2. The summed E-state index contributed by atoms with van der Waals surface area (Å²) >= 11 is 0. The Hall–Kier alpha value is -3.94. The van der Waals surface area contributed by atoms with Gasteiger partial charge in [-0.2, -0.15) is 5.10 Å². The number of carbonyl (C=O) groups excluding carboxylic acids is 2. The number of likely N-dealkylation sites (tertiary alicyclic amines) is 1. The molecular formula is C26H26N4O4. The van der Waals surface area contributed by atoms with E-state index in [0.717, 1.165) is 35.5 Å². The fourth-order valence-electron chi connectivity index (χ4n) is 4.40. The maximum Gasteiger partial charge on any atom is 0.341 e. The minimum Gasteiger partial charge on any atom is -0.462 e. The molecule has 1 amide bonds. The molecule has 0 radical (unpaired) electrons. The number of benzene rings is 2. The van der Waals surface area contributed by atoms with E-state index in [4.69, 9.17) is 9.15 Å². The first-order chi connectivity index (χ1) is 16.5. The Morgan fingerprint density at radius 1 is 1.09 bits per heavy atom. The highest BCUT2D eigenvalue weighted by molar-refractivity contribution is 5.94. The molecule has 1 aliphatic rings. The molecule has 0 atom stereocenters. The van der Waals surface area contributed by atoms with E-state index in [9.17, 15) is 9.59 Å². The molecule has 1 fully saturated rings. The van der Waals surface area contributed by atoms with Gasteiger partial charge in [-0.05, 0) is 63.1 Å². The van der Waals surface area contributed by atoms with Gasteiger partial charge in [0.05, 0.1) is 24.2 Å². The summed E-state index contributed by atoms with van der Waals surface area (Å²) in [5.74, 6) is 0.593. The van der Waals surface area contributed by atoms with E-state index in [1.807, 2.05) is 48.2 Å². The first-order valence-electron chi connectivity index (χ1n) is 11.5. The number of ether oxygens (including phenoxy) is 1. The lowest BCUT2D eigenvalue weighted by Gasteiger charge is -2.30. The van der Waals surface area contributed by atoms with Crippen LogP contribution in [0.4, 0.5) is 0 Å². The van der Waals surface area contributed by atoms with Crippen molar-refractivity contribution in [3.63, 3.8) is 0 Å². The molecule has 174 valence electrons. The van der Waals surface area contributed by atoms with Crippen LogP contribution < -0.4 is 0 Å². The van der Waals surface area contributed by atoms with E-state index in [2.05, 4.69) is 10.1 Å². The maximum absolute atomic E-state index is 13.1. The smallest absolute Gasteiger partial charge is 0.341 e. The fourth-order valence-corrected chi connectivity index (χ4v) is 4.40. The van der Waals surface area contributed by atoms with E-state index >= 15 is 0 Å². The number of carbonyl (C=O) groups is 2. The van der Waals surface area contributed by atoms with Gasteiger partial charge in [0, 0.05) is 24.6 Å². The zero-order chi connectivity index (χ0) is 23.7. The van der Waals surface area contributed by atoms with Crippen LogP contribution in [0.2, 0.25) is 0 Å². The largest absolute Gasteiger partial charge is 0.462 e. The lowest BCUT2D eigenvalue weighted by Crippen LogP contribution is -2.38. The molecule has 0 N–H and O–H groups in total. The van der Waals surface area contributed by atoms with Gasteiger partial charge in [0.1, 0.15) is 11.1 Å². The van der Waals surface area contributed by atoms with Gasteiger partial charge in [-0.25, -0.2) is 14.5 Å². The lowest BCUT2D eigenvalue weighted by atomic mass is 9.96. The van der Waals surface area contributed by atoms with Crippen LogP contribution in [0.3, 0.4) is 0 Å². The van der Waals surface area contributed by atoms with Gasteiger partial charge in [-0.15, -0.1) is 0 Å². The second-order valence-electron chi connectivity index (χ2n) is 8.41. The Kier molecular flexibility index (Phi) is 5.88. The van der Waals surface area contributed by atoms with Crippen molar-refractivity contribution >= 4 is 23.0 Å². The summed E-state index contributed by atoms with van der Waals surface area (Å²) in [4.78, 5) is 31.6. The first-order valence-corrected chi connectivity index (χ1v) is 11.5. The molecule has 2 aromatic carbocycles. The minimum absolute atomic E-state index is 0.00645. The second-order valence-corrected chi connectivity index (χ2v) is 8.41. The van der Waals surface area contributed by atoms with Gasteiger partial charge in [-0.3, -0.25) is 4.79 Å². The average molecular weight is 459 g/mol. The van der Waals surface area contributed by atoms with Gasteiger partial charge < -0.3 is 14.1 Å². The van der Waals surface area contributed by atoms with Crippen LogP contribution in [0.15, 0.2) is 59.1 Å². The van der Waals surface area contributed by atoms with E-state index in [0.29, 0.717) is 36.5 Å². The second kappa shape index (κ2) is 9.13. The molecule has 0 aliphatic carbocycles. The van der Waals surface area contributed by atoms with Crippen molar-refractivity contribution in [3.05, 3.63) is 77.4 Å². The highest BCUT2D eigenvalue weighted by atomic mass is 16.5. The molecule has 3 heterocycles. The first kappa shape index (κ1) is 21.9. The lowest BCUT2D eigenvalue weighted by molar-refractivity contribution is 0.0525. The quantitative estimate of drug-likeness (QED) is 0.409. The number of nitrogens with zero attached hydrogens (tertiary/aromatic N) is 4. The van der Waals surface area contributed by atoms with E-state index in [-0.39, 0.29) is 17.8 Å². The number of amides is 1. The van der Waals surface area contributed by atoms with Gasteiger partial charge in [0.15, 0.2) is 11.5 Å². The van der Waals surface area contributed by atoms with E-state index in [1.54, 1.807) is 23.7 Å². The molecule has 0 saturated carbocycles. The molecule has 1 saturated heterocycles. The molecule has 0 spiro atoms. The molecule has 2 aromatic heterocycles. The molecule has 0 unspecified atom stereocenters. The van der Waals surface area contributed by atoms with E-state index < -0.39 is 0 Å². The number of para-hydroxylation sites is 2. The normalized spacial score (nSPS) is 14.5. The number of hydrogen-bond acceptors (Lipinski definition) is 6. The van der Waals surface area contributed by atoms with Gasteiger partial charge >= 0.3 is 5.97 Å². The zero-order valence-corrected chi connectivity index (χ0v) is 19.2. The molecule has 4 aromatic rings. The molecule has 0 bridgehead atoms. The van der Waals surface area contributed by atoms with Crippen LogP contribution in [0.5, 0.6) is 0 Å². The van der Waals surface area contributed by atoms with Crippen molar-refractivity contribution in [1.82, 2.24) is 19.7 Å². The predicted octanol–water partition coefficient (Wildman–Crippen LogP) is 4.52. The van der Waals surface area contributed by atoms with Crippen LogP contribution in [0.25, 0.3) is 16.8 Å². The summed E-state index contributed by atoms with van der Waals surface area (Å²) < 4.78 is 12.7. The van der Waals surface area contributed by atoms with Crippen molar-refractivity contribution in [1.29, 1.82) is 0 Å². The van der Waals surface area contributed by atoms with Crippen LogP contribution in [-0.4, -0.2) is 51.2 Å². The summed E-state index contributed by atoms with van der Waals surface area (Å²) in [6.07, 6.45) is 3.15. The van der Waals surface area contributed by atoms with Gasteiger partial charge in [0.25, 0.3) is 5.91 Å². The summed E-state index contributed by atoms with van der Waals surface area (Å²) in [5, 5.41) is 4.31. The maximum atomic E-state index is 13.1. The Balaban J connectivity index is 1.24. The number of piperidine rings is 1. The highest BCUT2D eigenvalue weighted by Crippen LogP contribution is 2.30. The van der Waals surface area contributed by atoms with Crippen molar-refractivity contribution in [2.45, 2.75) is 32.6 Å². The summed E-state index contributed by atoms with van der Waals surface area (Å²) in [5.41, 5.74) is 4.21. The summed E-state index contributed by atoms with van der Waals surface area (Å²) in [6, 6.07) is 15.1. The third-order valence-electron chi connectivity index (χ3n) is 6.31. The number of oxazole rings is 1. The molecule has 8 heteroatoms. The number of hydrogen-bond donors (Lipinski definition) is 0. The summed E-state index contributed by atoms with van der Waals surface area (Å²) in [7, 11) is 0. The SMILES string of the molecule is CCOC(=O)c1cnn(-c2ccc(C(=O)N3CCC(c4nc5ccccc5o4)CC3)cc2)c1C. The number of esters is 1. The minimum atomic E-state index is -0.390. The molecule has 34 heavy (non-hydrogen) atoms. The van der Waals surface area contributed by atoms with Crippen LogP contribution >= 0.6 is 0 Å². The average Bonchev–Trinajstić information content (AvgIpc) is 3.48. The number of fused-ring (bicyclic) bond motifs is 1. The fraction of sp³-hybridized carbons (Fsp3) is 0.308. The Bertz CT molecular complexity index is 1300. The van der Waals surface area contributed by atoms with Crippen molar-refractivity contribution < 1.29 is 18.7 Å². The van der Waals surface area contributed by atoms with Gasteiger partial charge in [-0.1, -0.05) is 12.1 Å². The van der Waals surface area contributed by atoms with Crippen LogP contribution in [-0.2, 0) is 4.74 Å². The van der Waals surface area contributed by atoms with E-state index in [1.165, 1.54) is 6.20 Å². The monoisotopic (exact) mass is 458 g/mol. The van der Waals surface area contributed by atoms with Gasteiger partial charge in [0.2, 0.25) is 0 Å². The Morgan fingerprint density at radius 2 is 1.82 bits per heavy atom. The molecular weight excluding hydrogens is 432 g/mol. The Labute approximate surface area is 197 Å². The van der Waals surface area contributed by atoms with Crippen LogP contribution in [0, 0.1) is 6.92 Å². The molecule has 1 aliphatic heterocycles. The standard InChI is InChI=1S/C26H26N4O4/c1-3-33-26(32)21-16-27-30(17(21)2)20-10-8-19(9-11-20)25(31)29-14-12-18(13-15-29)24-28-22-6-4-5-7-23(22)34-24/h4-11,16,18H,3,12-15H2,1-2H3. The third-order valence-corrected chi connectivity index (χ3v) is 6.31. The topological polar surface area (TPSA) is 90.5 Å². The Morgan fingerprint density at radius 3 is 2.53 bits per heavy atom. The molecule has 8 nitrogen and oxygen atoms in total. The highest BCUT2D eigenvalue weighted by Gasteiger charge is 2.27. The number of rotatable bonds is 5.